The van der Waals surface area contributed by atoms with Crippen LogP contribution < -0.4 is 14.8 Å². The molecular weight excluding hydrogens is 444 g/mol. The van der Waals surface area contributed by atoms with Gasteiger partial charge in [-0.2, -0.15) is 0 Å². The lowest BCUT2D eigenvalue weighted by atomic mass is 10.0. The summed E-state index contributed by atoms with van der Waals surface area (Å²) in [5.74, 6) is -1.13. The zero-order valence-electron chi connectivity index (χ0n) is 19.5. The Morgan fingerprint density at radius 2 is 2.03 bits per heavy atom. The summed E-state index contributed by atoms with van der Waals surface area (Å²) in [7, 11) is 1.57. The minimum Gasteiger partial charge on any atom is -0.493 e. The molecule has 9 heteroatoms. The van der Waals surface area contributed by atoms with Crippen LogP contribution in [-0.2, 0) is 16.1 Å². The number of hydrogen-bond donors (Lipinski definition) is 1. The molecule has 0 aliphatic carbocycles. The predicted octanol–water partition coefficient (Wildman–Crippen LogP) is 4.39. The Hall–Kier alpha value is -3.20. The van der Waals surface area contributed by atoms with E-state index in [1.54, 1.807) is 11.7 Å². The Bertz CT molecular complexity index is 1160. The second-order valence-corrected chi connectivity index (χ2v) is 8.74. The summed E-state index contributed by atoms with van der Waals surface area (Å²) in [6, 6.07) is 6.95. The van der Waals surface area contributed by atoms with Crippen LogP contribution in [0.15, 0.2) is 36.7 Å². The summed E-state index contributed by atoms with van der Waals surface area (Å²) < 4.78 is 45.9. The lowest BCUT2D eigenvalue weighted by Crippen LogP contribution is -2.34. The van der Waals surface area contributed by atoms with Crippen LogP contribution in [0.3, 0.4) is 0 Å². The second kappa shape index (κ2) is 10.4. The third kappa shape index (κ3) is 5.14. The van der Waals surface area contributed by atoms with Gasteiger partial charge in [0.2, 0.25) is 5.91 Å². The van der Waals surface area contributed by atoms with Gasteiger partial charge in [-0.1, -0.05) is 19.9 Å². The third-order valence-electron chi connectivity index (χ3n) is 5.96. The van der Waals surface area contributed by atoms with Crippen LogP contribution in [0.2, 0.25) is 0 Å². The monoisotopic (exact) mass is 473 g/mol. The maximum Gasteiger partial charge on any atom is 0.243 e. The van der Waals surface area contributed by atoms with Gasteiger partial charge in [0, 0.05) is 25.3 Å². The van der Waals surface area contributed by atoms with Gasteiger partial charge in [0.1, 0.15) is 12.6 Å². The lowest BCUT2D eigenvalue weighted by Gasteiger charge is -2.23. The first-order chi connectivity index (χ1) is 16.4. The molecule has 0 saturated carbocycles. The highest BCUT2D eigenvalue weighted by atomic mass is 19.2. The van der Waals surface area contributed by atoms with E-state index >= 15 is 0 Å². The Morgan fingerprint density at radius 3 is 2.74 bits per heavy atom. The van der Waals surface area contributed by atoms with E-state index in [4.69, 9.17) is 14.2 Å². The van der Waals surface area contributed by atoms with Crippen molar-refractivity contribution >= 4 is 16.9 Å². The number of benzene rings is 2. The molecule has 2 aromatic carbocycles. The van der Waals surface area contributed by atoms with E-state index in [1.807, 2.05) is 32.0 Å². The quantitative estimate of drug-likeness (QED) is 0.499. The van der Waals surface area contributed by atoms with Crippen LogP contribution >= 0.6 is 0 Å². The molecule has 1 N–H and O–H groups in total. The number of methoxy groups -OCH3 is 1. The molecule has 2 heterocycles. The van der Waals surface area contributed by atoms with E-state index in [9.17, 15) is 13.6 Å². The molecule has 1 amide bonds. The standard InChI is InChI=1S/C25H29F2N3O4/c1-15(2)24(30-14-29-20-10-18(26)19(27)11-21(20)30)25(31)28-12-16-6-7-22(23(9-16)32-3)34-13-17-5-4-8-33-17/h6-7,9-11,14-15,17,24H,4-5,8,12-13H2,1-3H3,(H,28,31). The molecule has 1 saturated heterocycles. The van der Waals surface area contributed by atoms with Gasteiger partial charge in [-0.3, -0.25) is 4.79 Å². The van der Waals surface area contributed by atoms with Gasteiger partial charge >= 0.3 is 0 Å². The van der Waals surface area contributed by atoms with E-state index in [2.05, 4.69) is 10.3 Å². The third-order valence-corrected chi connectivity index (χ3v) is 5.96. The summed E-state index contributed by atoms with van der Waals surface area (Å²) in [5, 5.41) is 2.94. The number of amides is 1. The fraction of sp³-hybridized carbons (Fsp3) is 0.440. The molecule has 1 fully saturated rings. The van der Waals surface area contributed by atoms with Crippen LogP contribution in [0.4, 0.5) is 8.78 Å². The Labute approximate surface area is 197 Å². The number of aromatic nitrogens is 2. The molecule has 0 spiro atoms. The molecule has 1 aliphatic rings. The average Bonchev–Trinajstić information content (AvgIpc) is 3.47. The van der Waals surface area contributed by atoms with Crippen molar-refractivity contribution < 1.29 is 27.8 Å². The van der Waals surface area contributed by atoms with Gasteiger partial charge in [0.15, 0.2) is 23.1 Å². The van der Waals surface area contributed by atoms with Crippen LogP contribution in [0.1, 0.15) is 38.3 Å². The second-order valence-electron chi connectivity index (χ2n) is 8.74. The van der Waals surface area contributed by atoms with Crippen LogP contribution in [-0.4, -0.2) is 41.9 Å². The molecule has 182 valence electrons. The van der Waals surface area contributed by atoms with Crippen LogP contribution in [0.5, 0.6) is 11.5 Å². The van der Waals surface area contributed by atoms with Crippen LogP contribution in [0, 0.1) is 17.6 Å². The van der Waals surface area contributed by atoms with E-state index in [1.165, 1.54) is 6.33 Å². The largest absolute Gasteiger partial charge is 0.493 e. The molecular formula is C25H29F2N3O4. The molecule has 0 bridgehead atoms. The van der Waals surface area contributed by atoms with Crippen LogP contribution in [0.25, 0.3) is 11.0 Å². The molecule has 1 aromatic heterocycles. The van der Waals surface area contributed by atoms with Gasteiger partial charge < -0.3 is 24.1 Å². The number of nitrogens with zero attached hydrogens (tertiary/aromatic N) is 2. The molecule has 34 heavy (non-hydrogen) atoms. The summed E-state index contributed by atoms with van der Waals surface area (Å²) in [4.78, 5) is 17.3. The topological polar surface area (TPSA) is 74.6 Å². The number of imidazole rings is 1. The molecule has 4 rings (SSSR count). The Morgan fingerprint density at radius 1 is 1.24 bits per heavy atom. The van der Waals surface area contributed by atoms with Gasteiger partial charge in [0.05, 0.1) is 30.6 Å². The highest BCUT2D eigenvalue weighted by molar-refractivity contribution is 5.84. The van der Waals surface area contributed by atoms with Crippen molar-refractivity contribution in [3.63, 3.8) is 0 Å². The predicted molar refractivity (Wildman–Crippen MR) is 123 cm³/mol. The number of hydrogen-bond acceptors (Lipinski definition) is 5. The zero-order valence-corrected chi connectivity index (χ0v) is 19.5. The number of fused-ring (bicyclic) bond motifs is 1. The van der Waals surface area contributed by atoms with Crippen molar-refractivity contribution in [2.24, 2.45) is 5.92 Å². The normalized spacial score (nSPS) is 16.7. The Kier molecular flexibility index (Phi) is 7.31. The molecule has 2 atom stereocenters. The van der Waals surface area contributed by atoms with Crippen molar-refractivity contribution in [2.45, 2.75) is 45.4 Å². The minimum atomic E-state index is -0.980. The maximum absolute atomic E-state index is 13.8. The summed E-state index contributed by atoms with van der Waals surface area (Å²) in [5.41, 5.74) is 1.49. The smallest absolute Gasteiger partial charge is 0.243 e. The average molecular weight is 474 g/mol. The molecule has 1 aliphatic heterocycles. The summed E-state index contributed by atoms with van der Waals surface area (Å²) in [6.07, 6.45) is 3.57. The van der Waals surface area contributed by atoms with E-state index in [0.29, 0.717) is 29.1 Å². The van der Waals surface area contributed by atoms with E-state index < -0.39 is 17.7 Å². The first kappa shape index (κ1) is 23.9. The van der Waals surface area contributed by atoms with Gasteiger partial charge in [-0.15, -0.1) is 0 Å². The van der Waals surface area contributed by atoms with Crippen molar-refractivity contribution in [1.82, 2.24) is 14.9 Å². The first-order valence-corrected chi connectivity index (χ1v) is 11.4. The van der Waals surface area contributed by atoms with E-state index in [-0.39, 0.29) is 24.5 Å². The van der Waals surface area contributed by atoms with Gasteiger partial charge in [-0.25, -0.2) is 13.8 Å². The van der Waals surface area contributed by atoms with E-state index in [0.717, 1.165) is 37.1 Å². The maximum atomic E-state index is 13.8. The molecule has 3 aromatic rings. The number of nitrogens with one attached hydrogen (secondary N) is 1. The SMILES string of the molecule is COc1cc(CNC(=O)C(C(C)C)n2cnc3cc(F)c(F)cc32)ccc1OCC1CCCO1. The zero-order chi connectivity index (χ0) is 24.2. The van der Waals surface area contributed by atoms with Crippen molar-refractivity contribution in [1.29, 1.82) is 0 Å². The van der Waals surface area contributed by atoms with Crippen molar-refractivity contribution in [3.05, 3.63) is 53.9 Å². The van der Waals surface area contributed by atoms with Gasteiger partial charge in [-0.05, 0) is 36.5 Å². The summed E-state index contributed by atoms with van der Waals surface area (Å²) >= 11 is 0. The number of carbonyl (C=O) groups excluding carboxylic acids is 1. The molecule has 7 nitrogen and oxygen atoms in total. The number of carbonyl (C=O) groups is 1. The molecule has 2 unspecified atom stereocenters. The highest BCUT2D eigenvalue weighted by Crippen LogP contribution is 2.30. The fourth-order valence-electron chi connectivity index (χ4n) is 4.19. The number of ether oxygens (including phenoxy) is 3. The van der Waals surface area contributed by atoms with Crippen molar-refractivity contribution in [2.75, 3.05) is 20.3 Å². The number of halogens is 2. The fourth-order valence-corrected chi connectivity index (χ4v) is 4.19. The molecule has 0 radical (unpaired) electrons. The Balaban J connectivity index is 1.45. The first-order valence-electron chi connectivity index (χ1n) is 11.4. The van der Waals surface area contributed by atoms with Gasteiger partial charge in [0.25, 0.3) is 0 Å². The van der Waals surface area contributed by atoms with Crippen molar-refractivity contribution in [3.8, 4) is 11.5 Å². The highest BCUT2D eigenvalue weighted by Gasteiger charge is 2.26. The number of rotatable bonds is 9. The minimum absolute atomic E-state index is 0.0980. The lowest BCUT2D eigenvalue weighted by molar-refractivity contribution is -0.125. The summed E-state index contributed by atoms with van der Waals surface area (Å²) in [6.45, 7) is 5.27.